The van der Waals surface area contributed by atoms with E-state index in [4.69, 9.17) is 19.9 Å². The van der Waals surface area contributed by atoms with E-state index in [1.165, 1.54) is 0 Å². The third kappa shape index (κ3) is 7.52. The standard InChI is InChI=1S/C23H30N2O4.ClH/c24-13-6-16-27-20-11-14-25(15-12-20)23(26)18-29-22-10-5-4-9-21(22)28-17-19-7-2-1-3-8-19;/h1-5,7-10,20H,6,11-18,24H2;1H. The van der Waals surface area contributed by atoms with E-state index in [-0.39, 0.29) is 31.0 Å². The summed E-state index contributed by atoms with van der Waals surface area (Å²) in [6.45, 7) is 3.18. The third-order valence-electron chi connectivity index (χ3n) is 4.93. The monoisotopic (exact) mass is 434 g/mol. The molecule has 6 nitrogen and oxygen atoms in total. The lowest BCUT2D eigenvalue weighted by Gasteiger charge is -2.32. The molecule has 2 N–H and O–H groups in total. The summed E-state index contributed by atoms with van der Waals surface area (Å²) in [7, 11) is 0. The van der Waals surface area contributed by atoms with Gasteiger partial charge >= 0.3 is 0 Å². The van der Waals surface area contributed by atoms with Gasteiger partial charge < -0.3 is 24.8 Å². The Morgan fingerprint density at radius 3 is 2.27 bits per heavy atom. The fourth-order valence-electron chi connectivity index (χ4n) is 3.26. The zero-order chi connectivity index (χ0) is 20.3. The van der Waals surface area contributed by atoms with Crippen LogP contribution in [0, 0.1) is 0 Å². The van der Waals surface area contributed by atoms with Crippen LogP contribution in [0.2, 0.25) is 0 Å². The van der Waals surface area contributed by atoms with Gasteiger partial charge in [0.1, 0.15) is 6.61 Å². The van der Waals surface area contributed by atoms with Crippen LogP contribution in [-0.2, 0) is 16.1 Å². The van der Waals surface area contributed by atoms with Crippen molar-refractivity contribution in [2.24, 2.45) is 5.73 Å². The molecule has 0 spiro atoms. The van der Waals surface area contributed by atoms with Crippen LogP contribution in [0.3, 0.4) is 0 Å². The molecule has 1 aliphatic heterocycles. The Morgan fingerprint density at radius 1 is 0.967 bits per heavy atom. The van der Waals surface area contributed by atoms with Gasteiger partial charge in [-0.1, -0.05) is 42.5 Å². The van der Waals surface area contributed by atoms with Gasteiger partial charge in [-0.15, -0.1) is 12.4 Å². The average molecular weight is 435 g/mol. The van der Waals surface area contributed by atoms with Gasteiger partial charge in [-0.25, -0.2) is 0 Å². The van der Waals surface area contributed by atoms with Crippen LogP contribution in [0.4, 0.5) is 0 Å². The molecule has 1 amide bonds. The van der Waals surface area contributed by atoms with E-state index in [0.29, 0.717) is 44.3 Å². The van der Waals surface area contributed by atoms with E-state index in [0.717, 1.165) is 24.8 Å². The van der Waals surface area contributed by atoms with Crippen LogP contribution in [-0.4, -0.2) is 49.8 Å². The molecular formula is C23H31ClN2O4. The van der Waals surface area contributed by atoms with E-state index >= 15 is 0 Å². The minimum absolute atomic E-state index is 0. The molecule has 1 saturated heterocycles. The van der Waals surface area contributed by atoms with Crippen molar-refractivity contribution in [3.63, 3.8) is 0 Å². The summed E-state index contributed by atoms with van der Waals surface area (Å²) >= 11 is 0. The molecule has 2 aromatic rings. The summed E-state index contributed by atoms with van der Waals surface area (Å²) in [6.07, 6.45) is 2.80. The number of rotatable bonds is 10. The van der Waals surface area contributed by atoms with Gasteiger partial charge in [-0.3, -0.25) is 4.79 Å². The van der Waals surface area contributed by atoms with Crippen molar-refractivity contribution in [2.75, 3.05) is 32.8 Å². The molecule has 2 aromatic carbocycles. The summed E-state index contributed by atoms with van der Waals surface area (Å²) < 4.78 is 17.5. The topological polar surface area (TPSA) is 74.0 Å². The summed E-state index contributed by atoms with van der Waals surface area (Å²) in [5, 5.41) is 0. The van der Waals surface area contributed by atoms with Crippen molar-refractivity contribution >= 4 is 18.3 Å². The fourth-order valence-corrected chi connectivity index (χ4v) is 3.26. The van der Waals surface area contributed by atoms with Gasteiger partial charge in [-0.05, 0) is 43.5 Å². The molecule has 3 rings (SSSR count). The number of nitrogens with zero attached hydrogens (tertiary/aromatic N) is 1. The first kappa shape index (κ1) is 24.0. The van der Waals surface area contributed by atoms with Gasteiger partial charge in [0.15, 0.2) is 18.1 Å². The molecule has 0 aliphatic carbocycles. The predicted molar refractivity (Wildman–Crippen MR) is 119 cm³/mol. The Morgan fingerprint density at radius 2 is 1.60 bits per heavy atom. The smallest absolute Gasteiger partial charge is 0.260 e. The van der Waals surface area contributed by atoms with Crippen LogP contribution in [0.5, 0.6) is 11.5 Å². The molecule has 1 aliphatic rings. The lowest BCUT2D eigenvalue weighted by atomic mass is 10.1. The molecule has 0 unspecified atom stereocenters. The Kier molecular flexibility index (Phi) is 10.5. The Hall–Kier alpha value is -2.28. The second-order valence-electron chi connectivity index (χ2n) is 7.10. The summed E-state index contributed by atoms with van der Waals surface area (Å²) in [5.74, 6) is 1.20. The molecule has 0 bridgehead atoms. The highest BCUT2D eigenvalue weighted by Crippen LogP contribution is 2.27. The number of halogens is 1. The van der Waals surface area contributed by atoms with Crippen LogP contribution in [0.1, 0.15) is 24.8 Å². The number of hydrogen-bond acceptors (Lipinski definition) is 5. The zero-order valence-corrected chi connectivity index (χ0v) is 18.0. The molecule has 7 heteroatoms. The van der Waals surface area contributed by atoms with Crippen molar-refractivity contribution in [3.05, 3.63) is 60.2 Å². The summed E-state index contributed by atoms with van der Waals surface area (Å²) in [6, 6.07) is 17.4. The minimum atomic E-state index is -0.0109. The molecule has 30 heavy (non-hydrogen) atoms. The molecular weight excluding hydrogens is 404 g/mol. The van der Waals surface area contributed by atoms with Crippen molar-refractivity contribution in [3.8, 4) is 11.5 Å². The van der Waals surface area contributed by atoms with Gasteiger partial charge in [0.2, 0.25) is 0 Å². The largest absolute Gasteiger partial charge is 0.485 e. The molecule has 0 atom stereocenters. The lowest BCUT2D eigenvalue weighted by Crippen LogP contribution is -2.43. The Balaban J connectivity index is 0.00000320. The number of carbonyl (C=O) groups excluding carboxylic acids is 1. The quantitative estimate of drug-likeness (QED) is 0.580. The highest BCUT2D eigenvalue weighted by Gasteiger charge is 2.23. The zero-order valence-electron chi connectivity index (χ0n) is 17.2. The van der Waals surface area contributed by atoms with Crippen LogP contribution >= 0.6 is 12.4 Å². The number of ether oxygens (including phenoxy) is 3. The second kappa shape index (κ2) is 13.1. The first-order valence-electron chi connectivity index (χ1n) is 10.2. The summed E-state index contributed by atoms with van der Waals surface area (Å²) in [4.78, 5) is 14.4. The van der Waals surface area contributed by atoms with Crippen molar-refractivity contribution < 1.29 is 19.0 Å². The van der Waals surface area contributed by atoms with Crippen LogP contribution in [0.15, 0.2) is 54.6 Å². The van der Waals surface area contributed by atoms with Crippen molar-refractivity contribution in [1.82, 2.24) is 4.90 Å². The van der Waals surface area contributed by atoms with Crippen molar-refractivity contribution in [1.29, 1.82) is 0 Å². The molecule has 1 fully saturated rings. The van der Waals surface area contributed by atoms with Gasteiger partial charge in [0.25, 0.3) is 5.91 Å². The van der Waals surface area contributed by atoms with Crippen LogP contribution < -0.4 is 15.2 Å². The minimum Gasteiger partial charge on any atom is -0.485 e. The SMILES string of the molecule is Cl.NCCCOC1CCN(C(=O)COc2ccccc2OCc2ccccc2)CC1. The normalized spacial score (nSPS) is 14.1. The van der Waals surface area contributed by atoms with E-state index in [9.17, 15) is 4.79 Å². The Labute approximate surface area is 184 Å². The number of carbonyl (C=O) groups is 1. The number of nitrogens with two attached hydrogens (primary N) is 1. The van der Waals surface area contributed by atoms with E-state index in [1.54, 1.807) is 0 Å². The fraction of sp³-hybridized carbons (Fsp3) is 0.435. The van der Waals surface area contributed by atoms with Crippen LogP contribution in [0.25, 0.3) is 0 Å². The third-order valence-corrected chi connectivity index (χ3v) is 4.93. The maximum Gasteiger partial charge on any atom is 0.260 e. The van der Waals surface area contributed by atoms with Gasteiger partial charge in [-0.2, -0.15) is 0 Å². The molecule has 0 radical (unpaired) electrons. The number of amides is 1. The van der Waals surface area contributed by atoms with E-state index < -0.39 is 0 Å². The number of piperidine rings is 1. The number of hydrogen-bond donors (Lipinski definition) is 1. The predicted octanol–water partition coefficient (Wildman–Crippen LogP) is 3.42. The Bertz CT molecular complexity index is 752. The molecule has 0 aromatic heterocycles. The van der Waals surface area contributed by atoms with Gasteiger partial charge in [0.05, 0.1) is 6.10 Å². The van der Waals surface area contributed by atoms with E-state index in [1.807, 2.05) is 59.5 Å². The second-order valence-corrected chi connectivity index (χ2v) is 7.10. The molecule has 1 heterocycles. The lowest BCUT2D eigenvalue weighted by molar-refractivity contribution is -0.136. The highest BCUT2D eigenvalue weighted by atomic mass is 35.5. The maximum absolute atomic E-state index is 12.5. The first-order chi connectivity index (χ1) is 14.3. The molecule has 0 saturated carbocycles. The molecule has 164 valence electrons. The van der Waals surface area contributed by atoms with E-state index in [2.05, 4.69) is 0 Å². The summed E-state index contributed by atoms with van der Waals surface area (Å²) in [5.41, 5.74) is 6.57. The number of para-hydroxylation sites is 2. The first-order valence-corrected chi connectivity index (χ1v) is 10.2. The maximum atomic E-state index is 12.5. The number of likely N-dealkylation sites (tertiary alicyclic amines) is 1. The average Bonchev–Trinajstić information content (AvgIpc) is 2.78. The van der Waals surface area contributed by atoms with Crippen molar-refractivity contribution in [2.45, 2.75) is 32.0 Å². The highest BCUT2D eigenvalue weighted by molar-refractivity contribution is 5.85. The van der Waals surface area contributed by atoms with Gasteiger partial charge in [0, 0.05) is 19.7 Å². The number of benzene rings is 2.